The van der Waals surface area contributed by atoms with Crippen molar-refractivity contribution < 1.29 is 9.59 Å². The maximum Gasteiger partial charge on any atom is 0.247 e. The highest BCUT2D eigenvalue weighted by atomic mass is 79.9. The van der Waals surface area contributed by atoms with Crippen molar-refractivity contribution in [3.63, 3.8) is 0 Å². The molecule has 0 atom stereocenters. The highest BCUT2D eigenvalue weighted by molar-refractivity contribution is 9.10. The van der Waals surface area contributed by atoms with Crippen LogP contribution in [0.15, 0.2) is 65.8 Å². The van der Waals surface area contributed by atoms with Gasteiger partial charge < -0.3 is 21.7 Å². The quantitative estimate of drug-likeness (QED) is 0.236. The van der Waals surface area contributed by atoms with Crippen LogP contribution < -0.4 is 21.7 Å². The lowest BCUT2D eigenvalue weighted by Gasteiger charge is -2.15. The molecule has 1 heterocycles. The fraction of sp³-hybridized carbons (Fsp3) is 0.0476. The van der Waals surface area contributed by atoms with Crippen LogP contribution in [0, 0.1) is 0 Å². The molecule has 0 aliphatic carbocycles. The Bertz CT molecular complexity index is 1130. The first kappa shape index (κ1) is 21.0. The zero-order chi connectivity index (χ0) is 21.7. The number of amides is 1. The largest absolute Gasteiger partial charge is 0.397 e. The number of hydrogen-bond acceptors (Lipinski definition) is 7. The summed E-state index contributed by atoms with van der Waals surface area (Å²) in [6.07, 6.45) is 2.65. The minimum Gasteiger partial charge on any atom is -0.397 e. The molecule has 0 unspecified atom stereocenters. The molecule has 3 aromatic rings. The SMILES string of the molecule is C=CC(=O)Nc1cc(Nc2nccc(C(=O)c3ccccc3Br)n2)c(N)cc1NC. The molecule has 2 aromatic carbocycles. The number of anilines is 5. The molecule has 1 amide bonds. The molecule has 0 saturated carbocycles. The molecule has 8 nitrogen and oxygen atoms in total. The van der Waals surface area contributed by atoms with E-state index in [9.17, 15) is 9.59 Å². The standard InChI is InChI=1S/C21H19BrN6O2/c1-3-19(29)26-18-11-16(14(23)10-17(18)24-2)28-21-25-9-8-15(27-21)20(30)12-6-4-5-7-13(12)22/h3-11,24H,1,23H2,2H3,(H,26,29)(H,25,27,28). The van der Waals surface area contributed by atoms with Gasteiger partial charge in [0.25, 0.3) is 0 Å². The molecule has 0 radical (unpaired) electrons. The molecule has 30 heavy (non-hydrogen) atoms. The lowest BCUT2D eigenvalue weighted by molar-refractivity contribution is -0.111. The number of rotatable bonds is 7. The van der Waals surface area contributed by atoms with Gasteiger partial charge in [0.15, 0.2) is 0 Å². The lowest BCUT2D eigenvalue weighted by Crippen LogP contribution is -2.11. The molecule has 152 valence electrons. The van der Waals surface area contributed by atoms with Crippen LogP contribution in [0.4, 0.5) is 28.7 Å². The van der Waals surface area contributed by atoms with Gasteiger partial charge in [0.05, 0.1) is 22.7 Å². The zero-order valence-corrected chi connectivity index (χ0v) is 17.7. The molecule has 1 aromatic heterocycles. The van der Waals surface area contributed by atoms with Gasteiger partial charge in [-0.1, -0.05) is 34.6 Å². The van der Waals surface area contributed by atoms with E-state index in [0.717, 1.165) is 0 Å². The number of aromatic nitrogens is 2. The maximum atomic E-state index is 12.8. The van der Waals surface area contributed by atoms with Gasteiger partial charge in [0, 0.05) is 23.3 Å². The second-order valence-corrected chi connectivity index (χ2v) is 6.98. The average Bonchev–Trinajstić information content (AvgIpc) is 2.75. The van der Waals surface area contributed by atoms with Gasteiger partial charge in [0.1, 0.15) is 5.69 Å². The summed E-state index contributed by atoms with van der Waals surface area (Å²) in [7, 11) is 1.71. The van der Waals surface area contributed by atoms with Crippen molar-refractivity contribution in [2.24, 2.45) is 0 Å². The summed E-state index contributed by atoms with van der Waals surface area (Å²) in [6, 6.07) is 12.0. The molecule has 5 N–H and O–H groups in total. The van der Waals surface area contributed by atoms with E-state index in [-0.39, 0.29) is 23.3 Å². The number of nitrogens with one attached hydrogen (secondary N) is 3. The van der Waals surface area contributed by atoms with Crippen molar-refractivity contribution >= 4 is 56.3 Å². The molecule has 0 bridgehead atoms. The van der Waals surface area contributed by atoms with Gasteiger partial charge in [-0.25, -0.2) is 9.97 Å². The molecule has 0 aliphatic heterocycles. The monoisotopic (exact) mass is 466 g/mol. The van der Waals surface area contributed by atoms with Crippen molar-refractivity contribution in [1.82, 2.24) is 9.97 Å². The summed E-state index contributed by atoms with van der Waals surface area (Å²) in [5.74, 6) is -0.414. The summed E-state index contributed by atoms with van der Waals surface area (Å²) >= 11 is 3.38. The second-order valence-electron chi connectivity index (χ2n) is 6.13. The van der Waals surface area contributed by atoms with Gasteiger partial charge >= 0.3 is 0 Å². The molecule has 0 saturated heterocycles. The summed E-state index contributed by atoms with van der Waals surface area (Å²) < 4.78 is 0.678. The van der Waals surface area contributed by atoms with E-state index < -0.39 is 0 Å². The Morgan fingerprint density at radius 3 is 2.60 bits per heavy atom. The molecular formula is C21H19BrN6O2. The van der Waals surface area contributed by atoms with Crippen LogP contribution in [0.3, 0.4) is 0 Å². The summed E-state index contributed by atoms with van der Waals surface area (Å²) in [5, 5.41) is 8.67. The van der Waals surface area contributed by atoms with E-state index in [4.69, 9.17) is 5.73 Å². The topological polar surface area (TPSA) is 122 Å². The van der Waals surface area contributed by atoms with Crippen LogP contribution >= 0.6 is 15.9 Å². The Labute approximate surface area is 181 Å². The maximum absolute atomic E-state index is 12.8. The number of carbonyl (C=O) groups is 2. The fourth-order valence-corrected chi connectivity index (χ4v) is 3.13. The Balaban J connectivity index is 1.91. The summed E-state index contributed by atoms with van der Waals surface area (Å²) in [5.41, 5.74) is 8.85. The van der Waals surface area contributed by atoms with Crippen molar-refractivity contribution in [1.29, 1.82) is 0 Å². The third-order valence-corrected chi connectivity index (χ3v) is 4.85. The van der Waals surface area contributed by atoms with E-state index in [1.54, 1.807) is 37.4 Å². The summed E-state index contributed by atoms with van der Waals surface area (Å²) in [4.78, 5) is 33.0. The minimum absolute atomic E-state index is 0.192. The van der Waals surface area contributed by atoms with Crippen LogP contribution in [-0.2, 0) is 4.79 Å². The van der Waals surface area contributed by atoms with Crippen LogP contribution in [0.5, 0.6) is 0 Å². The first-order valence-corrected chi connectivity index (χ1v) is 9.66. The van der Waals surface area contributed by atoms with Crippen LogP contribution in [0.25, 0.3) is 0 Å². The number of nitrogens with two attached hydrogens (primary N) is 1. The number of hydrogen-bond donors (Lipinski definition) is 4. The predicted molar refractivity (Wildman–Crippen MR) is 122 cm³/mol. The van der Waals surface area contributed by atoms with E-state index >= 15 is 0 Å². The Hall–Kier alpha value is -3.72. The minimum atomic E-state index is -0.362. The number of ketones is 1. The molecule has 3 rings (SSSR count). The first-order chi connectivity index (χ1) is 14.4. The van der Waals surface area contributed by atoms with Gasteiger partial charge in [-0.15, -0.1) is 0 Å². The van der Waals surface area contributed by atoms with E-state index in [2.05, 4.69) is 48.4 Å². The summed E-state index contributed by atoms with van der Waals surface area (Å²) in [6.45, 7) is 3.45. The Morgan fingerprint density at radius 2 is 1.90 bits per heavy atom. The van der Waals surface area contributed by atoms with Crippen LogP contribution in [0.2, 0.25) is 0 Å². The number of nitrogen functional groups attached to an aromatic ring is 1. The van der Waals surface area contributed by atoms with E-state index in [1.807, 2.05) is 6.07 Å². The third-order valence-electron chi connectivity index (χ3n) is 4.16. The van der Waals surface area contributed by atoms with Crippen molar-refractivity contribution in [3.05, 3.63) is 77.0 Å². The van der Waals surface area contributed by atoms with E-state index in [1.165, 1.54) is 18.3 Å². The van der Waals surface area contributed by atoms with Crippen molar-refractivity contribution in [3.8, 4) is 0 Å². The first-order valence-electron chi connectivity index (χ1n) is 8.87. The van der Waals surface area contributed by atoms with Crippen molar-refractivity contribution in [2.75, 3.05) is 28.7 Å². The van der Waals surface area contributed by atoms with Crippen LogP contribution in [0.1, 0.15) is 16.1 Å². The smallest absolute Gasteiger partial charge is 0.247 e. The van der Waals surface area contributed by atoms with E-state index in [0.29, 0.717) is 32.8 Å². The number of nitrogens with zero attached hydrogens (tertiary/aromatic N) is 2. The lowest BCUT2D eigenvalue weighted by atomic mass is 10.1. The molecular weight excluding hydrogens is 448 g/mol. The number of carbonyl (C=O) groups excluding carboxylic acids is 2. The molecule has 0 fully saturated rings. The van der Waals surface area contributed by atoms with Gasteiger partial charge in [-0.2, -0.15) is 0 Å². The molecule has 0 aliphatic rings. The second kappa shape index (κ2) is 9.19. The third kappa shape index (κ3) is 4.64. The van der Waals surface area contributed by atoms with Gasteiger partial charge in [0.2, 0.25) is 17.6 Å². The number of benzene rings is 2. The normalized spacial score (nSPS) is 10.2. The van der Waals surface area contributed by atoms with Gasteiger partial charge in [-0.3, -0.25) is 9.59 Å². The highest BCUT2D eigenvalue weighted by Gasteiger charge is 2.15. The van der Waals surface area contributed by atoms with Crippen LogP contribution in [-0.4, -0.2) is 28.7 Å². The molecule has 9 heteroatoms. The Morgan fingerprint density at radius 1 is 1.13 bits per heavy atom. The average molecular weight is 467 g/mol. The highest BCUT2D eigenvalue weighted by Crippen LogP contribution is 2.32. The predicted octanol–water partition coefficient (Wildman–Crippen LogP) is 3.96. The molecule has 0 spiro atoms. The Kier molecular flexibility index (Phi) is 6.43. The zero-order valence-electron chi connectivity index (χ0n) is 16.1. The number of halogens is 1. The fourth-order valence-electron chi connectivity index (χ4n) is 2.67. The van der Waals surface area contributed by atoms with Crippen molar-refractivity contribution in [2.45, 2.75) is 0 Å². The van der Waals surface area contributed by atoms with Gasteiger partial charge in [-0.05, 0) is 36.4 Å².